The molecule has 1 amide bonds. The van der Waals surface area contributed by atoms with Crippen molar-refractivity contribution in [2.75, 3.05) is 19.6 Å². The number of hydrogen-bond donors (Lipinski definition) is 2. The van der Waals surface area contributed by atoms with Crippen LogP contribution in [0.1, 0.15) is 53.4 Å². The highest BCUT2D eigenvalue weighted by atomic mass is 16.4. The van der Waals surface area contributed by atoms with Gasteiger partial charge in [0.1, 0.15) is 11.6 Å². The first-order valence-electron chi connectivity index (χ1n) is 8.62. The van der Waals surface area contributed by atoms with Gasteiger partial charge in [0, 0.05) is 32.3 Å². The highest BCUT2D eigenvalue weighted by Crippen LogP contribution is 2.07. The fraction of sp³-hybridized carbons (Fsp3) is 0.722. The molecule has 2 N–H and O–H groups in total. The van der Waals surface area contributed by atoms with Crippen LogP contribution < -0.4 is 5.32 Å². The molecular weight excluding hydrogens is 306 g/mol. The molecule has 136 valence electrons. The molecule has 6 nitrogen and oxygen atoms in total. The molecule has 0 aliphatic heterocycles. The predicted molar refractivity (Wildman–Crippen MR) is 94.1 cm³/mol. The zero-order valence-electron chi connectivity index (χ0n) is 15.3. The molecule has 24 heavy (non-hydrogen) atoms. The number of unbranched alkanes of at least 4 members (excludes halogenated alkanes) is 2. The SMILES string of the molecule is CC(C)CN(/C=C(/C#N)C(=O)NCCCCCC(=O)O)CC(C)C. The number of carboxylic acids is 1. The lowest BCUT2D eigenvalue weighted by molar-refractivity contribution is -0.137. The van der Waals surface area contributed by atoms with Gasteiger partial charge >= 0.3 is 5.97 Å². The second kappa shape index (κ2) is 12.4. The van der Waals surface area contributed by atoms with Crippen LogP contribution in [0.2, 0.25) is 0 Å². The Morgan fingerprint density at radius 1 is 1.12 bits per heavy atom. The summed E-state index contributed by atoms with van der Waals surface area (Å²) in [5.41, 5.74) is 0.113. The van der Waals surface area contributed by atoms with Crippen molar-refractivity contribution in [3.63, 3.8) is 0 Å². The number of carbonyl (C=O) groups is 2. The molecule has 0 unspecified atom stereocenters. The average molecular weight is 337 g/mol. The maximum Gasteiger partial charge on any atom is 0.303 e. The minimum absolute atomic E-state index is 0.113. The van der Waals surface area contributed by atoms with Gasteiger partial charge in [-0.1, -0.05) is 34.1 Å². The third-order valence-corrected chi connectivity index (χ3v) is 3.23. The van der Waals surface area contributed by atoms with Gasteiger partial charge in [0.15, 0.2) is 0 Å². The van der Waals surface area contributed by atoms with Crippen LogP contribution in [0.4, 0.5) is 0 Å². The second-order valence-corrected chi connectivity index (χ2v) is 6.86. The van der Waals surface area contributed by atoms with Crippen molar-refractivity contribution >= 4 is 11.9 Å². The minimum Gasteiger partial charge on any atom is -0.481 e. The molecule has 0 aliphatic carbocycles. The Kier molecular flexibility index (Phi) is 11.4. The minimum atomic E-state index is -0.802. The first-order chi connectivity index (χ1) is 11.3. The molecule has 0 spiro atoms. The molecule has 0 saturated carbocycles. The molecule has 0 atom stereocenters. The average Bonchev–Trinajstić information content (AvgIpc) is 2.46. The molecule has 0 aromatic heterocycles. The van der Waals surface area contributed by atoms with Crippen LogP contribution in [0.5, 0.6) is 0 Å². The number of carboxylic acid groups (broad SMARTS) is 1. The van der Waals surface area contributed by atoms with Crippen LogP contribution in [-0.4, -0.2) is 41.5 Å². The summed E-state index contributed by atoms with van der Waals surface area (Å²) in [4.78, 5) is 24.5. The normalized spacial score (nSPS) is 11.5. The van der Waals surface area contributed by atoms with E-state index in [0.29, 0.717) is 31.2 Å². The summed E-state index contributed by atoms with van der Waals surface area (Å²) in [6.45, 7) is 10.5. The lowest BCUT2D eigenvalue weighted by Crippen LogP contribution is -2.30. The lowest BCUT2D eigenvalue weighted by Gasteiger charge is -2.25. The molecule has 0 bridgehead atoms. The molecule has 0 aromatic rings. The molecule has 0 fully saturated rings. The van der Waals surface area contributed by atoms with E-state index >= 15 is 0 Å². The van der Waals surface area contributed by atoms with Gasteiger partial charge in [0.2, 0.25) is 0 Å². The number of nitriles is 1. The molecule has 0 saturated heterocycles. The van der Waals surface area contributed by atoms with Crippen LogP contribution in [0.25, 0.3) is 0 Å². The maximum absolute atomic E-state index is 12.1. The van der Waals surface area contributed by atoms with E-state index in [1.807, 2.05) is 11.0 Å². The molecule has 0 heterocycles. The van der Waals surface area contributed by atoms with E-state index in [0.717, 1.165) is 19.5 Å². The van der Waals surface area contributed by atoms with E-state index in [4.69, 9.17) is 5.11 Å². The summed E-state index contributed by atoms with van der Waals surface area (Å²) in [5, 5.41) is 20.5. The molecular formula is C18H31N3O3. The zero-order valence-corrected chi connectivity index (χ0v) is 15.3. The van der Waals surface area contributed by atoms with Crippen LogP contribution in [0.3, 0.4) is 0 Å². The Hall–Kier alpha value is -2.03. The van der Waals surface area contributed by atoms with Gasteiger partial charge in [-0.3, -0.25) is 9.59 Å². The van der Waals surface area contributed by atoms with E-state index in [1.54, 1.807) is 6.20 Å². The molecule has 0 rings (SSSR count). The largest absolute Gasteiger partial charge is 0.481 e. The zero-order chi connectivity index (χ0) is 18.5. The van der Waals surface area contributed by atoms with E-state index in [-0.39, 0.29) is 17.9 Å². The van der Waals surface area contributed by atoms with Gasteiger partial charge in [0.25, 0.3) is 5.91 Å². The van der Waals surface area contributed by atoms with E-state index in [9.17, 15) is 14.9 Å². The molecule has 0 aromatic carbocycles. The van der Waals surface area contributed by atoms with Crippen molar-refractivity contribution in [2.45, 2.75) is 53.4 Å². The van der Waals surface area contributed by atoms with Crippen molar-refractivity contribution < 1.29 is 14.7 Å². The van der Waals surface area contributed by atoms with Gasteiger partial charge < -0.3 is 15.3 Å². The van der Waals surface area contributed by atoms with Gasteiger partial charge in [-0.15, -0.1) is 0 Å². The second-order valence-electron chi connectivity index (χ2n) is 6.86. The number of amides is 1. The molecule has 0 radical (unpaired) electrons. The fourth-order valence-electron chi connectivity index (χ4n) is 2.31. The van der Waals surface area contributed by atoms with Crippen LogP contribution >= 0.6 is 0 Å². The van der Waals surface area contributed by atoms with Gasteiger partial charge in [-0.25, -0.2) is 0 Å². The van der Waals surface area contributed by atoms with Crippen molar-refractivity contribution in [2.24, 2.45) is 11.8 Å². The molecule has 6 heteroatoms. The van der Waals surface area contributed by atoms with Crippen LogP contribution in [0.15, 0.2) is 11.8 Å². The van der Waals surface area contributed by atoms with E-state index in [1.165, 1.54) is 0 Å². The quantitative estimate of drug-likeness (QED) is 0.324. The van der Waals surface area contributed by atoms with E-state index in [2.05, 4.69) is 33.0 Å². The Balaban J connectivity index is 4.48. The van der Waals surface area contributed by atoms with Crippen molar-refractivity contribution in [1.82, 2.24) is 10.2 Å². The third kappa shape index (κ3) is 11.5. The monoisotopic (exact) mass is 337 g/mol. The number of aliphatic carboxylic acids is 1. The predicted octanol–water partition coefficient (Wildman–Crippen LogP) is 2.77. The number of rotatable bonds is 12. The summed E-state index contributed by atoms with van der Waals surface area (Å²) in [6, 6.07) is 1.98. The summed E-state index contributed by atoms with van der Waals surface area (Å²) in [6.07, 6.45) is 3.85. The fourth-order valence-corrected chi connectivity index (χ4v) is 2.31. The lowest BCUT2D eigenvalue weighted by atomic mass is 10.1. The summed E-state index contributed by atoms with van der Waals surface area (Å²) in [5.74, 6) is -0.285. The Labute approximate surface area is 145 Å². The van der Waals surface area contributed by atoms with Gasteiger partial charge in [0.05, 0.1) is 0 Å². The van der Waals surface area contributed by atoms with E-state index < -0.39 is 5.97 Å². The number of nitrogens with one attached hydrogen (secondary N) is 1. The smallest absolute Gasteiger partial charge is 0.303 e. The van der Waals surface area contributed by atoms with Crippen molar-refractivity contribution in [1.29, 1.82) is 5.26 Å². The first kappa shape index (κ1) is 22.0. The first-order valence-corrected chi connectivity index (χ1v) is 8.62. The maximum atomic E-state index is 12.1. The molecule has 0 aliphatic rings. The Morgan fingerprint density at radius 3 is 2.17 bits per heavy atom. The third-order valence-electron chi connectivity index (χ3n) is 3.23. The Bertz CT molecular complexity index is 455. The highest BCUT2D eigenvalue weighted by Gasteiger charge is 2.12. The number of nitrogens with zero attached hydrogens (tertiary/aromatic N) is 2. The topological polar surface area (TPSA) is 93.4 Å². The standard InChI is InChI=1S/C18H31N3O3/c1-14(2)11-21(12-15(3)4)13-16(10-19)18(24)20-9-7-5-6-8-17(22)23/h13-15H,5-9,11-12H2,1-4H3,(H,20,24)(H,22,23)/b16-13-. The van der Waals surface area contributed by atoms with Crippen molar-refractivity contribution in [3.8, 4) is 6.07 Å². The highest BCUT2D eigenvalue weighted by molar-refractivity contribution is 5.97. The number of hydrogen-bond acceptors (Lipinski definition) is 4. The number of carbonyl (C=O) groups excluding carboxylic acids is 1. The Morgan fingerprint density at radius 2 is 1.71 bits per heavy atom. The van der Waals surface area contributed by atoms with Crippen LogP contribution in [0, 0.1) is 23.2 Å². The van der Waals surface area contributed by atoms with Gasteiger partial charge in [-0.05, 0) is 24.7 Å². The summed E-state index contributed by atoms with van der Waals surface area (Å²) < 4.78 is 0. The summed E-state index contributed by atoms with van der Waals surface area (Å²) >= 11 is 0. The summed E-state index contributed by atoms with van der Waals surface area (Å²) in [7, 11) is 0. The van der Waals surface area contributed by atoms with Crippen molar-refractivity contribution in [3.05, 3.63) is 11.8 Å². The van der Waals surface area contributed by atoms with Crippen LogP contribution in [-0.2, 0) is 9.59 Å². The van der Waals surface area contributed by atoms with Gasteiger partial charge in [-0.2, -0.15) is 5.26 Å².